The number of nitrogens with zero attached hydrogens (tertiary/aromatic N) is 3. The van der Waals surface area contributed by atoms with Crippen LogP contribution in [0.3, 0.4) is 0 Å². The molecule has 0 saturated carbocycles. The number of anilines is 3. The van der Waals surface area contributed by atoms with Crippen molar-refractivity contribution in [1.82, 2.24) is 15.2 Å². The van der Waals surface area contributed by atoms with Crippen LogP contribution in [0.4, 0.5) is 17.5 Å². The summed E-state index contributed by atoms with van der Waals surface area (Å²) in [6, 6.07) is 13.7. The maximum Gasteiger partial charge on any atom is 0.249 e. The summed E-state index contributed by atoms with van der Waals surface area (Å²) >= 11 is 0. The molecule has 0 aliphatic rings. The minimum absolute atomic E-state index is 0.445. The summed E-state index contributed by atoms with van der Waals surface area (Å²) in [7, 11) is 1.64. The zero-order valence-electron chi connectivity index (χ0n) is 15.7. The first-order valence-electron chi connectivity index (χ1n) is 8.68. The quantitative estimate of drug-likeness (QED) is 0.589. The van der Waals surface area contributed by atoms with Gasteiger partial charge in [0.25, 0.3) is 0 Å². The predicted octanol–water partition coefficient (Wildman–Crippen LogP) is 3.73. The van der Waals surface area contributed by atoms with Gasteiger partial charge in [-0.25, -0.2) is 0 Å². The molecule has 3 aromatic rings. The molecular weight excluding hydrogens is 342 g/mol. The number of methoxy groups -OCH3 is 1. The van der Waals surface area contributed by atoms with Crippen molar-refractivity contribution >= 4 is 17.5 Å². The molecule has 0 unspecified atom stereocenters. The van der Waals surface area contributed by atoms with Crippen molar-refractivity contribution in [2.45, 2.75) is 13.8 Å². The van der Waals surface area contributed by atoms with E-state index < -0.39 is 0 Å². The van der Waals surface area contributed by atoms with Gasteiger partial charge in [0.1, 0.15) is 18.1 Å². The van der Waals surface area contributed by atoms with Crippen LogP contribution in [-0.4, -0.2) is 35.4 Å². The van der Waals surface area contributed by atoms with Crippen LogP contribution in [0, 0.1) is 13.8 Å². The van der Waals surface area contributed by atoms with Crippen LogP contribution in [0.25, 0.3) is 0 Å². The van der Waals surface area contributed by atoms with E-state index in [0.717, 1.165) is 17.2 Å². The van der Waals surface area contributed by atoms with Gasteiger partial charge in [-0.05, 0) is 61.4 Å². The lowest BCUT2D eigenvalue weighted by molar-refractivity contribution is 0.331. The van der Waals surface area contributed by atoms with Crippen molar-refractivity contribution in [1.29, 1.82) is 0 Å². The summed E-state index contributed by atoms with van der Waals surface area (Å²) in [6.45, 7) is 5.19. The molecule has 0 amide bonds. The Bertz CT molecular complexity index is 864. The fraction of sp³-hybridized carbons (Fsp3) is 0.250. The first-order valence-corrected chi connectivity index (χ1v) is 8.68. The molecular formula is C20H23N5O2. The third-order valence-electron chi connectivity index (χ3n) is 3.77. The molecule has 7 nitrogen and oxygen atoms in total. The Labute approximate surface area is 158 Å². The van der Waals surface area contributed by atoms with E-state index in [4.69, 9.17) is 9.47 Å². The van der Waals surface area contributed by atoms with Crippen LogP contribution in [0.15, 0.2) is 48.7 Å². The van der Waals surface area contributed by atoms with Gasteiger partial charge in [-0.2, -0.15) is 10.1 Å². The Balaban J connectivity index is 1.51. The van der Waals surface area contributed by atoms with Crippen molar-refractivity contribution in [3.63, 3.8) is 0 Å². The van der Waals surface area contributed by atoms with E-state index >= 15 is 0 Å². The van der Waals surface area contributed by atoms with E-state index in [1.165, 1.54) is 11.1 Å². The SMILES string of the molecule is COc1ccc(OCCNc2cnnc(Nc3cc(C)cc(C)c3)n2)cc1. The summed E-state index contributed by atoms with van der Waals surface area (Å²) in [4.78, 5) is 4.43. The van der Waals surface area contributed by atoms with Gasteiger partial charge in [-0.15, -0.1) is 5.10 Å². The smallest absolute Gasteiger partial charge is 0.249 e. The van der Waals surface area contributed by atoms with Crippen molar-refractivity contribution in [3.05, 3.63) is 59.8 Å². The van der Waals surface area contributed by atoms with E-state index in [-0.39, 0.29) is 0 Å². The minimum atomic E-state index is 0.445. The molecule has 27 heavy (non-hydrogen) atoms. The summed E-state index contributed by atoms with van der Waals surface area (Å²) < 4.78 is 10.8. The monoisotopic (exact) mass is 365 g/mol. The molecule has 2 aromatic carbocycles. The number of benzene rings is 2. The molecule has 0 atom stereocenters. The number of aryl methyl sites for hydroxylation is 2. The highest BCUT2D eigenvalue weighted by Crippen LogP contribution is 2.18. The van der Waals surface area contributed by atoms with E-state index in [2.05, 4.69) is 45.7 Å². The van der Waals surface area contributed by atoms with E-state index in [9.17, 15) is 0 Å². The summed E-state index contributed by atoms with van der Waals surface area (Å²) in [5.41, 5.74) is 3.29. The lowest BCUT2D eigenvalue weighted by Gasteiger charge is -2.10. The number of hydrogen-bond donors (Lipinski definition) is 2. The fourth-order valence-electron chi connectivity index (χ4n) is 2.64. The summed E-state index contributed by atoms with van der Waals surface area (Å²) in [6.07, 6.45) is 1.58. The topological polar surface area (TPSA) is 81.2 Å². The first kappa shape index (κ1) is 18.4. The third kappa shape index (κ3) is 5.57. The lowest BCUT2D eigenvalue weighted by atomic mass is 10.1. The standard InChI is InChI=1S/C20H23N5O2/c1-14-10-15(2)12-16(11-14)23-20-24-19(13-22-25-20)21-8-9-27-18-6-4-17(26-3)5-7-18/h4-7,10-13H,8-9H2,1-3H3,(H2,21,23,24,25). The average molecular weight is 365 g/mol. The zero-order chi connectivity index (χ0) is 19.1. The Morgan fingerprint density at radius 2 is 1.67 bits per heavy atom. The van der Waals surface area contributed by atoms with Gasteiger partial charge in [0.15, 0.2) is 5.82 Å². The molecule has 2 N–H and O–H groups in total. The van der Waals surface area contributed by atoms with Crippen LogP contribution >= 0.6 is 0 Å². The maximum atomic E-state index is 5.68. The van der Waals surface area contributed by atoms with Crippen LogP contribution in [0.1, 0.15) is 11.1 Å². The zero-order valence-corrected chi connectivity index (χ0v) is 15.7. The largest absolute Gasteiger partial charge is 0.497 e. The fourth-order valence-corrected chi connectivity index (χ4v) is 2.64. The third-order valence-corrected chi connectivity index (χ3v) is 3.77. The minimum Gasteiger partial charge on any atom is -0.497 e. The van der Waals surface area contributed by atoms with Gasteiger partial charge in [-0.3, -0.25) is 0 Å². The molecule has 0 bridgehead atoms. The molecule has 3 rings (SSSR count). The highest BCUT2D eigenvalue weighted by molar-refractivity contribution is 5.56. The number of ether oxygens (including phenoxy) is 2. The van der Waals surface area contributed by atoms with E-state index in [0.29, 0.717) is 24.9 Å². The van der Waals surface area contributed by atoms with Crippen LogP contribution in [0.5, 0.6) is 11.5 Å². The van der Waals surface area contributed by atoms with Crippen LogP contribution in [-0.2, 0) is 0 Å². The molecule has 140 valence electrons. The summed E-state index contributed by atoms with van der Waals surface area (Å²) in [5, 5.41) is 14.4. The molecule has 0 spiro atoms. The van der Waals surface area contributed by atoms with Gasteiger partial charge in [0.2, 0.25) is 5.95 Å². The van der Waals surface area contributed by atoms with Gasteiger partial charge in [0.05, 0.1) is 19.9 Å². The Morgan fingerprint density at radius 3 is 2.37 bits per heavy atom. The van der Waals surface area contributed by atoms with Crippen molar-refractivity contribution in [3.8, 4) is 11.5 Å². The summed E-state index contributed by atoms with van der Waals surface area (Å²) in [5.74, 6) is 2.67. The normalized spacial score (nSPS) is 10.3. The maximum absolute atomic E-state index is 5.68. The average Bonchev–Trinajstić information content (AvgIpc) is 2.65. The van der Waals surface area contributed by atoms with Gasteiger partial charge in [0, 0.05) is 5.69 Å². The highest BCUT2D eigenvalue weighted by atomic mass is 16.5. The molecule has 1 aromatic heterocycles. The second kappa shape index (κ2) is 8.84. The second-order valence-corrected chi connectivity index (χ2v) is 6.12. The number of hydrogen-bond acceptors (Lipinski definition) is 7. The van der Waals surface area contributed by atoms with Gasteiger partial charge in [-0.1, -0.05) is 6.07 Å². The number of rotatable bonds is 8. The molecule has 7 heteroatoms. The van der Waals surface area contributed by atoms with Gasteiger partial charge >= 0.3 is 0 Å². The van der Waals surface area contributed by atoms with Crippen molar-refractivity contribution in [2.75, 3.05) is 30.9 Å². The van der Waals surface area contributed by atoms with Crippen LogP contribution < -0.4 is 20.1 Å². The molecule has 0 aliphatic heterocycles. The predicted molar refractivity (Wildman–Crippen MR) is 106 cm³/mol. The second-order valence-electron chi connectivity index (χ2n) is 6.12. The lowest BCUT2D eigenvalue weighted by Crippen LogP contribution is -2.13. The van der Waals surface area contributed by atoms with E-state index in [1.807, 2.05) is 36.4 Å². The van der Waals surface area contributed by atoms with E-state index in [1.54, 1.807) is 13.3 Å². The molecule has 0 fully saturated rings. The van der Waals surface area contributed by atoms with Crippen molar-refractivity contribution < 1.29 is 9.47 Å². The first-order chi connectivity index (χ1) is 13.1. The Kier molecular flexibility index (Phi) is 6.04. The molecule has 0 radical (unpaired) electrons. The van der Waals surface area contributed by atoms with Gasteiger partial charge < -0.3 is 20.1 Å². The number of aromatic nitrogens is 3. The van der Waals surface area contributed by atoms with Crippen LogP contribution in [0.2, 0.25) is 0 Å². The van der Waals surface area contributed by atoms with Crippen molar-refractivity contribution in [2.24, 2.45) is 0 Å². The molecule has 1 heterocycles. The molecule has 0 aliphatic carbocycles. The molecule has 0 saturated heterocycles. The Hall–Kier alpha value is -3.35. The number of nitrogens with one attached hydrogen (secondary N) is 2. The Morgan fingerprint density at radius 1 is 0.963 bits per heavy atom. The highest BCUT2D eigenvalue weighted by Gasteiger charge is 2.03.